The van der Waals surface area contributed by atoms with E-state index in [2.05, 4.69) is 0 Å². The molecule has 0 aromatic heterocycles. The van der Waals surface area contributed by atoms with Gasteiger partial charge in [-0.2, -0.15) is 0 Å². The number of carboxylic acid groups (broad SMARTS) is 1. The van der Waals surface area contributed by atoms with Crippen LogP contribution in [-0.2, 0) is 19.1 Å². The van der Waals surface area contributed by atoms with E-state index in [1.165, 1.54) is 4.90 Å². The van der Waals surface area contributed by atoms with Crippen LogP contribution in [0.3, 0.4) is 0 Å². The van der Waals surface area contributed by atoms with Crippen LogP contribution in [-0.4, -0.2) is 66.4 Å². The number of carboxylic acids is 1. The van der Waals surface area contributed by atoms with Crippen molar-refractivity contribution in [3.63, 3.8) is 0 Å². The molecule has 2 aliphatic heterocycles. The average Bonchev–Trinajstić information content (AvgIpc) is 2.99. The van der Waals surface area contributed by atoms with Gasteiger partial charge >= 0.3 is 5.97 Å². The van der Waals surface area contributed by atoms with Crippen LogP contribution < -0.4 is 5.73 Å². The fourth-order valence-corrected chi connectivity index (χ4v) is 2.65. The Morgan fingerprint density at radius 1 is 1.42 bits per heavy atom. The molecule has 2 heterocycles. The summed E-state index contributed by atoms with van der Waals surface area (Å²) in [6, 6.07) is -0.448. The average molecular weight is 272 g/mol. The number of likely N-dealkylation sites (N-methyl/N-ethyl adjacent to an activating group) is 1. The molecule has 2 fully saturated rings. The molecule has 3 unspecified atom stereocenters. The highest BCUT2D eigenvalue weighted by Gasteiger charge is 2.46. The molecular weight excluding hydrogens is 252 g/mol. The minimum atomic E-state index is -1.03. The molecule has 3 atom stereocenters. The molecule has 2 saturated heterocycles. The van der Waals surface area contributed by atoms with Gasteiger partial charge in [0.25, 0.3) is 0 Å². The van der Waals surface area contributed by atoms with Crippen molar-refractivity contribution >= 4 is 11.9 Å². The maximum atomic E-state index is 12.5. The summed E-state index contributed by atoms with van der Waals surface area (Å²) in [5.41, 5.74) is 5.04. The van der Waals surface area contributed by atoms with Gasteiger partial charge in [-0.1, -0.05) is 0 Å². The Morgan fingerprint density at radius 2 is 2.16 bits per heavy atom. The Bertz CT molecular complexity index is 367. The van der Waals surface area contributed by atoms with Crippen molar-refractivity contribution in [1.82, 2.24) is 4.90 Å². The van der Waals surface area contributed by atoms with E-state index >= 15 is 0 Å². The van der Waals surface area contributed by atoms with Crippen LogP contribution in [0.2, 0.25) is 0 Å². The minimum absolute atomic E-state index is 0.137. The minimum Gasteiger partial charge on any atom is -0.481 e. The lowest BCUT2D eigenvalue weighted by molar-refractivity contribution is -0.146. The summed E-state index contributed by atoms with van der Waals surface area (Å²) in [4.78, 5) is 25.2. The Hall–Kier alpha value is -1.18. The molecule has 2 rings (SSSR count). The number of ether oxygens (including phenoxy) is 2. The number of nitrogens with two attached hydrogens (primary N) is 1. The van der Waals surface area contributed by atoms with E-state index in [0.29, 0.717) is 19.6 Å². The van der Waals surface area contributed by atoms with Crippen LogP contribution in [0.25, 0.3) is 0 Å². The first kappa shape index (κ1) is 14.2. The maximum Gasteiger partial charge on any atom is 0.311 e. The molecule has 0 saturated carbocycles. The quantitative estimate of drug-likeness (QED) is 0.684. The van der Waals surface area contributed by atoms with Crippen LogP contribution in [0.15, 0.2) is 0 Å². The van der Waals surface area contributed by atoms with Gasteiger partial charge in [0.1, 0.15) is 11.5 Å². The maximum absolute atomic E-state index is 12.5. The topological polar surface area (TPSA) is 102 Å². The van der Waals surface area contributed by atoms with E-state index in [1.54, 1.807) is 0 Å². The molecule has 7 heteroatoms. The third kappa shape index (κ3) is 2.58. The number of nitrogens with zero attached hydrogens (tertiary/aromatic N) is 1. The Balaban J connectivity index is 2.15. The number of amides is 1. The first-order valence-corrected chi connectivity index (χ1v) is 6.48. The molecule has 19 heavy (non-hydrogen) atoms. The molecule has 2 aliphatic rings. The second-order valence-electron chi connectivity index (χ2n) is 5.10. The highest BCUT2D eigenvalue weighted by molar-refractivity contribution is 5.87. The van der Waals surface area contributed by atoms with Gasteiger partial charge in [0, 0.05) is 13.2 Å². The molecule has 0 aromatic carbocycles. The van der Waals surface area contributed by atoms with Crippen molar-refractivity contribution < 1.29 is 24.2 Å². The lowest BCUT2D eigenvalue weighted by atomic mass is 9.95. The first-order chi connectivity index (χ1) is 8.99. The molecule has 0 spiro atoms. The molecule has 7 nitrogen and oxygen atoms in total. The zero-order valence-corrected chi connectivity index (χ0v) is 11.0. The molecule has 3 N–H and O–H groups in total. The van der Waals surface area contributed by atoms with Gasteiger partial charge in [0.15, 0.2) is 0 Å². The first-order valence-electron chi connectivity index (χ1n) is 6.48. The summed E-state index contributed by atoms with van der Waals surface area (Å²) in [5.74, 6) is -1.87. The van der Waals surface area contributed by atoms with E-state index in [-0.39, 0.29) is 25.7 Å². The number of hydrogen-bond acceptors (Lipinski definition) is 5. The summed E-state index contributed by atoms with van der Waals surface area (Å²) in [7, 11) is 0. The van der Waals surface area contributed by atoms with E-state index < -0.39 is 23.5 Å². The van der Waals surface area contributed by atoms with Gasteiger partial charge in [-0.15, -0.1) is 0 Å². The van der Waals surface area contributed by atoms with Crippen molar-refractivity contribution in [2.24, 2.45) is 11.7 Å². The highest BCUT2D eigenvalue weighted by Crippen LogP contribution is 2.25. The van der Waals surface area contributed by atoms with Crippen molar-refractivity contribution in [2.75, 3.05) is 33.0 Å². The second-order valence-corrected chi connectivity index (χ2v) is 5.10. The molecule has 1 amide bonds. The van der Waals surface area contributed by atoms with Crippen LogP contribution in [0.4, 0.5) is 0 Å². The third-order valence-corrected chi connectivity index (χ3v) is 3.85. The fourth-order valence-electron chi connectivity index (χ4n) is 2.65. The SMILES string of the molecule is CCN(C(=O)C1(N)CCOC1)C1COCC1C(=O)O. The lowest BCUT2D eigenvalue weighted by Gasteiger charge is -2.35. The van der Waals surface area contributed by atoms with Crippen molar-refractivity contribution in [2.45, 2.75) is 24.9 Å². The zero-order valence-electron chi connectivity index (χ0n) is 11.0. The largest absolute Gasteiger partial charge is 0.481 e. The van der Waals surface area contributed by atoms with E-state index in [0.717, 1.165) is 0 Å². The van der Waals surface area contributed by atoms with Crippen LogP contribution in [0, 0.1) is 5.92 Å². The predicted molar refractivity (Wildman–Crippen MR) is 65.5 cm³/mol. The summed E-state index contributed by atoms with van der Waals surface area (Å²) in [6.07, 6.45) is 0.466. The van der Waals surface area contributed by atoms with Gasteiger partial charge in [-0.05, 0) is 13.3 Å². The van der Waals surface area contributed by atoms with Crippen molar-refractivity contribution in [3.8, 4) is 0 Å². The van der Waals surface area contributed by atoms with E-state index in [4.69, 9.17) is 20.3 Å². The molecule has 0 aliphatic carbocycles. The Morgan fingerprint density at radius 3 is 2.68 bits per heavy atom. The van der Waals surface area contributed by atoms with E-state index in [9.17, 15) is 9.59 Å². The molecule has 108 valence electrons. The van der Waals surface area contributed by atoms with Gasteiger partial charge in [0.2, 0.25) is 5.91 Å². The van der Waals surface area contributed by atoms with Crippen molar-refractivity contribution in [3.05, 3.63) is 0 Å². The fraction of sp³-hybridized carbons (Fsp3) is 0.833. The van der Waals surface area contributed by atoms with Gasteiger partial charge in [0.05, 0.1) is 25.9 Å². The smallest absolute Gasteiger partial charge is 0.311 e. The van der Waals surface area contributed by atoms with E-state index in [1.807, 2.05) is 6.92 Å². The molecular formula is C12H20N2O5. The monoisotopic (exact) mass is 272 g/mol. The van der Waals surface area contributed by atoms with Crippen LogP contribution in [0.1, 0.15) is 13.3 Å². The predicted octanol–water partition coefficient (Wildman–Crippen LogP) is -0.948. The van der Waals surface area contributed by atoms with Gasteiger partial charge < -0.3 is 25.2 Å². The molecule has 0 aromatic rings. The normalized spacial score (nSPS) is 34.4. The van der Waals surface area contributed by atoms with Gasteiger partial charge in [-0.3, -0.25) is 9.59 Å². The number of aliphatic carboxylic acids is 1. The van der Waals surface area contributed by atoms with Crippen LogP contribution in [0.5, 0.6) is 0 Å². The lowest BCUT2D eigenvalue weighted by Crippen LogP contribution is -2.60. The third-order valence-electron chi connectivity index (χ3n) is 3.85. The summed E-state index contributed by atoms with van der Waals surface area (Å²) >= 11 is 0. The van der Waals surface area contributed by atoms with Crippen molar-refractivity contribution in [1.29, 1.82) is 0 Å². The molecule has 0 radical (unpaired) electrons. The number of carbonyl (C=O) groups excluding carboxylic acids is 1. The second kappa shape index (κ2) is 5.44. The number of hydrogen-bond donors (Lipinski definition) is 2. The molecule has 0 bridgehead atoms. The summed E-state index contributed by atoms with van der Waals surface area (Å²) in [6.45, 7) is 3.26. The van der Waals surface area contributed by atoms with Gasteiger partial charge in [-0.25, -0.2) is 0 Å². The Labute approximate surface area is 111 Å². The standard InChI is InChI=1S/C12H20N2O5/c1-2-14(9-6-19-5-8(9)10(15)16)11(17)12(13)3-4-18-7-12/h8-9H,2-7,13H2,1H3,(H,15,16). The van der Waals surface area contributed by atoms with Crippen LogP contribution >= 0.6 is 0 Å². The summed E-state index contributed by atoms with van der Waals surface area (Å²) in [5, 5.41) is 9.17. The highest BCUT2D eigenvalue weighted by atomic mass is 16.5. The Kier molecular flexibility index (Phi) is 4.07. The summed E-state index contributed by atoms with van der Waals surface area (Å²) < 4.78 is 10.4. The zero-order chi connectivity index (χ0) is 14.0. The number of carbonyl (C=O) groups is 2. The number of rotatable bonds is 4.